The molecule has 2 atom stereocenters. The van der Waals surface area contributed by atoms with Gasteiger partial charge in [0.2, 0.25) is 0 Å². The lowest BCUT2D eigenvalue weighted by Crippen LogP contribution is -2.42. The van der Waals surface area contributed by atoms with Gasteiger partial charge >= 0.3 is 0 Å². The summed E-state index contributed by atoms with van der Waals surface area (Å²) in [5.41, 5.74) is 5.59. The van der Waals surface area contributed by atoms with Gasteiger partial charge in [-0.2, -0.15) is 0 Å². The van der Waals surface area contributed by atoms with E-state index in [1.54, 1.807) is 7.11 Å². The van der Waals surface area contributed by atoms with Gasteiger partial charge in [-0.25, -0.2) is 0 Å². The van der Waals surface area contributed by atoms with Crippen LogP contribution in [0.5, 0.6) is 0 Å². The molecule has 0 saturated carbocycles. The fraction of sp³-hybridized carbons (Fsp3) is 1.00. The Morgan fingerprint density at radius 3 is 2.30 bits per heavy atom. The number of ether oxygens (including phenoxy) is 1. The molecule has 0 aliphatic rings. The van der Waals surface area contributed by atoms with Crippen LogP contribution in [0.3, 0.4) is 0 Å². The number of hydrogen-bond donors (Lipinski definition) is 3. The maximum absolute atomic E-state index is 5.59. The Bertz CT molecular complexity index is 75.4. The van der Waals surface area contributed by atoms with Gasteiger partial charge in [0.15, 0.2) is 0 Å². The first-order valence-electron chi connectivity index (χ1n) is 3.37. The van der Waals surface area contributed by atoms with E-state index in [9.17, 15) is 0 Å². The van der Waals surface area contributed by atoms with Crippen molar-refractivity contribution in [2.45, 2.75) is 18.8 Å². The predicted octanol–water partition coefficient (Wildman–Crippen LogP) is -0.927. The van der Waals surface area contributed by atoms with Crippen LogP contribution in [0.25, 0.3) is 0 Å². The van der Waals surface area contributed by atoms with Crippen molar-refractivity contribution in [2.75, 3.05) is 21.2 Å². The van der Waals surface area contributed by atoms with Crippen molar-refractivity contribution in [2.24, 2.45) is 5.73 Å². The van der Waals surface area contributed by atoms with Crippen LogP contribution in [0.15, 0.2) is 0 Å². The Kier molecular flexibility index (Phi) is 5.52. The minimum absolute atomic E-state index is 0.00241. The van der Waals surface area contributed by atoms with Gasteiger partial charge in [0.05, 0.1) is 6.17 Å². The van der Waals surface area contributed by atoms with Gasteiger partial charge in [-0.1, -0.05) is 0 Å². The highest BCUT2D eigenvalue weighted by atomic mass is 16.5. The molecule has 0 radical (unpaired) electrons. The number of methoxy groups -OCH3 is 1. The largest absolute Gasteiger partial charge is 0.367 e. The van der Waals surface area contributed by atoms with E-state index in [1.165, 1.54) is 0 Å². The van der Waals surface area contributed by atoms with Gasteiger partial charge in [0, 0.05) is 13.5 Å². The molecule has 0 bridgehead atoms. The molecule has 0 aromatic heterocycles. The number of rotatable bonds is 5. The molecule has 0 aliphatic carbocycles. The Hall–Kier alpha value is -0.160. The zero-order valence-electron chi connectivity index (χ0n) is 6.85. The van der Waals surface area contributed by atoms with E-state index in [0.717, 1.165) is 6.42 Å². The Morgan fingerprint density at radius 2 is 2.00 bits per heavy atom. The third-order valence-electron chi connectivity index (χ3n) is 1.45. The summed E-state index contributed by atoms with van der Waals surface area (Å²) in [6, 6.07) is 0. The molecule has 4 heteroatoms. The van der Waals surface area contributed by atoms with Gasteiger partial charge in [-0.05, 0) is 14.1 Å². The van der Waals surface area contributed by atoms with E-state index in [0.29, 0.717) is 0 Å². The maximum Gasteiger partial charge on any atom is 0.110 e. The van der Waals surface area contributed by atoms with Crippen LogP contribution >= 0.6 is 0 Å². The van der Waals surface area contributed by atoms with E-state index < -0.39 is 0 Å². The minimum atomic E-state index is -0.00241. The highest BCUT2D eigenvalue weighted by Crippen LogP contribution is 1.92. The van der Waals surface area contributed by atoms with Gasteiger partial charge in [-0.15, -0.1) is 0 Å². The number of nitrogens with one attached hydrogen (secondary N) is 2. The molecular formula is C6H17N3O. The van der Waals surface area contributed by atoms with Crippen LogP contribution in [0.1, 0.15) is 6.42 Å². The van der Waals surface area contributed by atoms with Crippen LogP contribution in [0.4, 0.5) is 0 Å². The molecule has 0 aromatic rings. The van der Waals surface area contributed by atoms with Crippen LogP contribution in [0, 0.1) is 0 Å². The van der Waals surface area contributed by atoms with Gasteiger partial charge in [0.25, 0.3) is 0 Å². The van der Waals surface area contributed by atoms with E-state index in [-0.39, 0.29) is 12.4 Å². The van der Waals surface area contributed by atoms with E-state index in [4.69, 9.17) is 10.5 Å². The summed E-state index contributed by atoms with van der Waals surface area (Å²) in [5, 5.41) is 5.90. The van der Waals surface area contributed by atoms with Crippen molar-refractivity contribution >= 4 is 0 Å². The highest BCUT2D eigenvalue weighted by molar-refractivity contribution is 4.60. The third kappa shape index (κ3) is 3.79. The Balaban J connectivity index is 3.41. The fourth-order valence-corrected chi connectivity index (χ4v) is 0.680. The molecule has 0 aromatic carbocycles. The molecule has 2 unspecified atom stereocenters. The SMILES string of the molecule is CNC(N)CC(NC)OC. The lowest BCUT2D eigenvalue weighted by molar-refractivity contribution is 0.0657. The van der Waals surface area contributed by atoms with Crippen molar-refractivity contribution < 1.29 is 4.74 Å². The maximum atomic E-state index is 5.59. The van der Waals surface area contributed by atoms with E-state index in [1.807, 2.05) is 14.1 Å². The normalized spacial score (nSPS) is 16.8. The first-order chi connectivity index (χ1) is 4.74. The standard InChI is InChI=1S/C6H17N3O/c1-8-5(7)4-6(9-2)10-3/h5-6,8-9H,4,7H2,1-3H3. The highest BCUT2D eigenvalue weighted by Gasteiger charge is 2.07. The quantitative estimate of drug-likeness (QED) is 0.440. The van der Waals surface area contributed by atoms with E-state index in [2.05, 4.69) is 10.6 Å². The van der Waals surface area contributed by atoms with Crippen molar-refractivity contribution in [3.8, 4) is 0 Å². The van der Waals surface area contributed by atoms with Crippen molar-refractivity contribution in [1.82, 2.24) is 10.6 Å². The van der Waals surface area contributed by atoms with Crippen molar-refractivity contribution in [3.05, 3.63) is 0 Å². The first-order valence-corrected chi connectivity index (χ1v) is 3.37. The average molecular weight is 147 g/mol. The molecular weight excluding hydrogens is 130 g/mol. The molecule has 10 heavy (non-hydrogen) atoms. The zero-order valence-corrected chi connectivity index (χ0v) is 6.85. The molecule has 4 nitrogen and oxygen atoms in total. The van der Waals surface area contributed by atoms with E-state index >= 15 is 0 Å². The second-order valence-electron chi connectivity index (χ2n) is 2.14. The lowest BCUT2D eigenvalue weighted by atomic mass is 10.3. The summed E-state index contributed by atoms with van der Waals surface area (Å²) in [7, 11) is 5.33. The van der Waals surface area contributed by atoms with Crippen molar-refractivity contribution in [1.29, 1.82) is 0 Å². The first kappa shape index (κ1) is 9.84. The second-order valence-corrected chi connectivity index (χ2v) is 2.14. The van der Waals surface area contributed by atoms with Gasteiger partial charge in [-0.3, -0.25) is 5.32 Å². The summed E-state index contributed by atoms with van der Waals surface area (Å²) in [6.07, 6.45) is 0.809. The summed E-state index contributed by atoms with van der Waals surface area (Å²) in [4.78, 5) is 0. The Labute approximate surface area is 62.1 Å². The monoisotopic (exact) mass is 147 g/mol. The summed E-state index contributed by atoms with van der Waals surface area (Å²) in [5.74, 6) is 0. The molecule has 0 spiro atoms. The summed E-state index contributed by atoms with van der Waals surface area (Å²) >= 11 is 0. The van der Waals surface area contributed by atoms with Gasteiger partial charge < -0.3 is 15.8 Å². The Morgan fingerprint density at radius 1 is 1.40 bits per heavy atom. The molecule has 0 amide bonds. The molecule has 0 fully saturated rings. The van der Waals surface area contributed by atoms with Crippen LogP contribution in [0.2, 0.25) is 0 Å². The molecule has 0 heterocycles. The lowest BCUT2D eigenvalue weighted by Gasteiger charge is -2.18. The fourth-order valence-electron chi connectivity index (χ4n) is 0.680. The predicted molar refractivity (Wildman–Crippen MR) is 41.5 cm³/mol. The average Bonchev–Trinajstić information content (AvgIpc) is 1.99. The topological polar surface area (TPSA) is 59.3 Å². The molecule has 62 valence electrons. The smallest absolute Gasteiger partial charge is 0.110 e. The van der Waals surface area contributed by atoms with Crippen molar-refractivity contribution in [3.63, 3.8) is 0 Å². The molecule has 0 saturated heterocycles. The molecule has 4 N–H and O–H groups in total. The second kappa shape index (κ2) is 5.61. The summed E-state index contributed by atoms with van der Waals surface area (Å²) in [6.45, 7) is 0. The molecule has 0 rings (SSSR count). The zero-order chi connectivity index (χ0) is 7.98. The van der Waals surface area contributed by atoms with Crippen LogP contribution < -0.4 is 16.4 Å². The number of nitrogens with two attached hydrogens (primary N) is 1. The third-order valence-corrected chi connectivity index (χ3v) is 1.45. The molecule has 0 aliphatic heterocycles. The number of hydrogen-bond acceptors (Lipinski definition) is 4. The minimum Gasteiger partial charge on any atom is -0.367 e. The van der Waals surface area contributed by atoms with Crippen LogP contribution in [-0.2, 0) is 4.74 Å². The summed E-state index contributed by atoms with van der Waals surface area (Å²) < 4.78 is 5.04. The van der Waals surface area contributed by atoms with Crippen LogP contribution in [-0.4, -0.2) is 33.6 Å². The van der Waals surface area contributed by atoms with Gasteiger partial charge in [0.1, 0.15) is 6.23 Å².